The molecule has 2 aromatic rings. The van der Waals surface area contributed by atoms with Gasteiger partial charge in [0.05, 0.1) is 21.5 Å². The molecule has 0 saturated carbocycles. The second-order valence-electron chi connectivity index (χ2n) is 8.28. The van der Waals surface area contributed by atoms with Gasteiger partial charge in [0.25, 0.3) is 0 Å². The predicted molar refractivity (Wildman–Crippen MR) is 124 cm³/mol. The average molecular weight is 497 g/mol. The van der Waals surface area contributed by atoms with E-state index >= 15 is 0 Å². The highest BCUT2D eigenvalue weighted by molar-refractivity contribution is 6.37. The molecule has 0 spiro atoms. The van der Waals surface area contributed by atoms with E-state index in [9.17, 15) is 13.2 Å². The van der Waals surface area contributed by atoms with Crippen LogP contribution in [0.25, 0.3) is 5.69 Å². The number of nitrogens with zero attached hydrogens (tertiary/aromatic N) is 2. The van der Waals surface area contributed by atoms with Crippen LogP contribution in [0.3, 0.4) is 0 Å². The Bertz CT molecular complexity index is 1100. The first-order chi connectivity index (χ1) is 15.8. The zero-order valence-corrected chi connectivity index (χ0v) is 19.8. The van der Waals surface area contributed by atoms with E-state index in [0.717, 1.165) is 55.0 Å². The molecule has 3 nitrogen and oxygen atoms in total. The van der Waals surface area contributed by atoms with E-state index < -0.39 is 11.9 Å². The third-order valence-corrected chi connectivity index (χ3v) is 6.79. The van der Waals surface area contributed by atoms with E-state index in [1.54, 1.807) is 18.2 Å². The van der Waals surface area contributed by atoms with Gasteiger partial charge in [-0.2, -0.15) is 18.3 Å². The number of benzene rings is 1. The van der Waals surface area contributed by atoms with Crippen LogP contribution >= 0.6 is 23.2 Å². The van der Waals surface area contributed by atoms with E-state index in [2.05, 4.69) is 30.3 Å². The van der Waals surface area contributed by atoms with E-state index in [-0.39, 0.29) is 28.0 Å². The molecule has 176 valence electrons. The van der Waals surface area contributed by atoms with Crippen LogP contribution in [-0.2, 0) is 17.5 Å². The van der Waals surface area contributed by atoms with Crippen molar-refractivity contribution in [3.8, 4) is 5.69 Å². The standard InChI is InChI=1S/C25H25Cl2F3N2O/c1-2-16-6-3-4-7-20(16)17-10-12-19(13-11-17)33-15-18-14-23(25(28,29)30)31-32(18)24-21(26)8-5-9-22(24)27/h4-5,7-9,12,14,17H,2-3,6,10-11,13,15H2,1H3. The third-order valence-electron chi connectivity index (χ3n) is 6.18. The number of rotatable bonds is 6. The van der Waals surface area contributed by atoms with Crippen molar-refractivity contribution in [2.24, 2.45) is 5.92 Å². The average Bonchev–Trinajstić information content (AvgIpc) is 3.22. The van der Waals surface area contributed by atoms with Gasteiger partial charge in [0.15, 0.2) is 5.69 Å². The Morgan fingerprint density at radius 3 is 2.58 bits per heavy atom. The molecule has 1 heterocycles. The van der Waals surface area contributed by atoms with Gasteiger partial charge in [-0.05, 0) is 67.9 Å². The fourth-order valence-electron chi connectivity index (χ4n) is 4.47. The normalized spacial score (nSPS) is 19.1. The highest BCUT2D eigenvalue weighted by atomic mass is 35.5. The first-order valence-electron chi connectivity index (χ1n) is 11.1. The van der Waals surface area contributed by atoms with E-state index in [4.69, 9.17) is 27.9 Å². The Labute approximate surface area is 201 Å². The minimum Gasteiger partial charge on any atom is -0.492 e. The molecule has 8 heteroatoms. The van der Waals surface area contributed by atoms with Crippen LogP contribution in [0.1, 0.15) is 56.8 Å². The van der Waals surface area contributed by atoms with Crippen LogP contribution < -0.4 is 0 Å². The highest BCUT2D eigenvalue weighted by Crippen LogP contribution is 2.37. The third kappa shape index (κ3) is 5.33. The summed E-state index contributed by atoms with van der Waals surface area (Å²) in [7, 11) is 0. The summed E-state index contributed by atoms with van der Waals surface area (Å²) >= 11 is 12.5. The first-order valence-corrected chi connectivity index (χ1v) is 11.8. The molecule has 0 N–H and O–H groups in total. The van der Waals surface area contributed by atoms with Crippen LogP contribution in [0.4, 0.5) is 13.2 Å². The van der Waals surface area contributed by atoms with Crippen molar-refractivity contribution in [1.82, 2.24) is 9.78 Å². The number of halogens is 5. The lowest BCUT2D eigenvalue weighted by atomic mass is 9.80. The molecule has 1 unspecified atom stereocenters. The Kier molecular flexibility index (Phi) is 7.25. The Hall–Kier alpha value is -2.18. The van der Waals surface area contributed by atoms with Crippen molar-refractivity contribution in [3.05, 3.63) is 80.8 Å². The van der Waals surface area contributed by atoms with Gasteiger partial charge < -0.3 is 4.74 Å². The lowest BCUT2D eigenvalue weighted by Gasteiger charge is -2.27. The molecule has 0 saturated heterocycles. The van der Waals surface area contributed by atoms with Gasteiger partial charge in [-0.3, -0.25) is 0 Å². The van der Waals surface area contributed by atoms with Crippen molar-refractivity contribution >= 4 is 23.2 Å². The van der Waals surface area contributed by atoms with Crippen LogP contribution in [0.15, 0.2) is 59.4 Å². The summed E-state index contributed by atoms with van der Waals surface area (Å²) < 4.78 is 47.2. The Balaban J connectivity index is 1.53. The quantitative estimate of drug-likeness (QED) is 0.400. The summed E-state index contributed by atoms with van der Waals surface area (Å²) in [5, 5.41) is 4.16. The summed E-state index contributed by atoms with van der Waals surface area (Å²) in [6, 6.07) is 5.73. The molecule has 0 amide bonds. The molecule has 2 aliphatic rings. The summed E-state index contributed by atoms with van der Waals surface area (Å²) in [4.78, 5) is 0. The van der Waals surface area contributed by atoms with Crippen molar-refractivity contribution in [1.29, 1.82) is 0 Å². The van der Waals surface area contributed by atoms with Crippen molar-refractivity contribution in [3.63, 3.8) is 0 Å². The van der Waals surface area contributed by atoms with Gasteiger partial charge >= 0.3 is 6.18 Å². The van der Waals surface area contributed by atoms with E-state index in [0.29, 0.717) is 5.92 Å². The van der Waals surface area contributed by atoms with Crippen molar-refractivity contribution in [2.75, 3.05) is 0 Å². The van der Waals surface area contributed by atoms with Crippen LogP contribution in [0, 0.1) is 5.92 Å². The van der Waals surface area contributed by atoms with Gasteiger partial charge in [0.2, 0.25) is 0 Å². The number of ether oxygens (including phenoxy) is 1. The maximum atomic E-state index is 13.4. The maximum Gasteiger partial charge on any atom is 0.435 e. The molecule has 1 atom stereocenters. The fraction of sp³-hybridized carbons (Fsp3) is 0.400. The maximum absolute atomic E-state index is 13.4. The number of aromatic nitrogens is 2. The van der Waals surface area contributed by atoms with Gasteiger partial charge in [-0.25, -0.2) is 4.68 Å². The summed E-state index contributed by atoms with van der Waals surface area (Å²) in [6.45, 7) is 2.13. The number of hydrogen-bond acceptors (Lipinski definition) is 2. The molecule has 0 radical (unpaired) electrons. The molecule has 0 aliphatic heterocycles. The largest absolute Gasteiger partial charge is 0.492 e. The minimum absolute atomic E-state index is 0.0655. The van der Waals surface area contributed by atoms with Crippen LogP contribution in [0.2, 0.25) is 10.0 Å². The lowest BCUT2D eigenvalue weighted by molar-refractivity contribution is -0.141. The summed E-state index contributed by atoms with van der Waals surface area (Å²) in [6.07, 6.45) is 7.83. The highest BCUT2D eigenvalue weighted by Gasteiger charge is 2.35. The van der Waals surface area contributed by atoms with E-state index in [1.165, 1.54) is 11.1 Å². The topological polar surface area (TPSA) is 27.1 Å². The second-order valence-corrected chi connectivity index (χ2v) is 9.10. The first kappa shape index (κ1) is 24.0. The molecule has 2 aliphatic carbocycles. The smallest absolute Gasteiger partial charge is 0.435 e. The van der Waals surface area contributed by atoms with Gasteiger partial charge in [0.1, 0.15) is 12.3 Å². The van der Waals surface area contributed by atoms with Gasteiger partial charge in [-0.1, -0.05) is 53.9 Å². The molecular weight excluding hydrogens is 472 g/mol. The number of para-hydroxylation sites is 1. The summed E-state index contributed by atoms with van der Waals surface area (Å²) in [5.74, 6) is 1.25. The molecule has 0 fully saturated rings. The molecule has 4 rings (SSSR count). The van der Waals surface area contributed by atoms with E-state index in [1.807, 2.05) is 0 Å². The zero-order chi connectivity index (χ0) is 23.6. The van der Waals surface area contributed by atoms with Crippen molar-refractivity contribution in [2.45, 2.75) is 58.2 Å². The number of alkyl halides is 3. The number of allylic oxidation sites excluding steroid dienone is 6. The number of hydrogen-bond donors (Lipinski definition) is 0. The molecule has 1 aromatic heterocycles. The monoisotopic (exact) mass is 496 g/mol. The van der Waals surface area contributed by atoms with Crippen LogP contribution in [0.5, 0.6) is 0 Å². The zero-order valence-electron chi connectivity index (χ0n) is 18.3. The molecule has 33 heavy (non-hydrogen) atoms. The van der Waals surface area contributed by atoms with Gasteiger partial charge in [-0.15, -0.1) is 0 Å². The van der Waals surface area contributed by atoms with Gasteiger partial charge in [0, 0.05) is 6.42 Å². The molecule has 1 aromatic carbocycles. The molecular formula is C25H25Cl2F3N2O. The lowest BCUT2D eigenvalue weighted by Crippen LogP contribution is -2.13. The fourth-order valence-corrected chi connectivity index (χ4v) is 5.03. The van der Waals surface area contributed by atoms with Crippen LogP contribution in [-0.4, -0.2) is 9.78 Å². The molecule has 0 bridgehead atoms. The van der Waals surface area contributed by atoms with Crippen molar-refractivity contribution < 1.29 is 17.9 Å². The minimum atomic E-state index is -4.59. The SMILES string of the molecule is CCC1=C(C2CC=C(OCc3cc(C(F)(F)F)nn3-c3c(Cl)cccc3Cl)CC2)C=CCC1. The Morgan fingerprint density at radius 2 is 1.94 bits per heavy atom. The Morgan fingerprint density at radius 1 is 1.18 bits per heavy atom. The predicted octanol–water partition coefficient (Wildman–Crippen LogP) is 8.46. The second kappa shape index (κ2) is 9.98. The summed E-state index contributed by atoms with van der Waals surface area (Å²) in [5.41, 5.74) is 2.39.